The molecule has 10 nitrogen and oxygen atoms in total. The number of aromatic amines is 1. The third kappa shape index (κ3) is 5.81. The number of anilines is 3. The molecule has 2 aromatic heterocycles. The highest BCUT2D eigenvalue weighted by Crippen LogP contribution is 2.34. The summed E-state index contributed by atoms with van der Waals surface area (Å²) in [5.74, 6) is 1.34. The molecule has 0 radical (unpaired) electrons. The predicted molar refractivity (Wildman–Crippen MR) is 133 cm³/mol. The number of aromatic nitrogens is 3. The average molecular weight is 476 g/mol. The van der Waals surface area contributed by atoms with Crippen LogP contribution in [0.3, 0.4) is 0 Å². The molecule has 10 heteroatoms. The van der Waals surface area contributed by atoms with E-state index in [9.17, 15) is 4.79 Å². The summed E-state index contributed by atoms with van der Waals surface area (Å²) in [5, 5.41) is 19.4. The number of carbonyl (C=O) groups is 1. The maximum atomic E-state index is 12.3. The summed E-state index contributed by atoms with van der Waals surface area (Å²) in [6.45, 7) is 8.22. The molecular weight excluding hydrogens is 446 g/mol. The van der Waals surface area contributed by atoms with E-state index in [1.807, 2.05) is 51.1 Å². The van der Waals surface area contributed by atoms with Gasteiger partial charge in [-0.25, -0.2) is 9.78 Å². The van der Waals surface area contributed by atoms with Crippen LogP contribution >= 0.6 is 0 Å². The zero-order valence-electron chi connectivity index (χ0n) is 20.3. The standard InChI is InChI=1S/C25H29N7O3/c1-25(2,3)35-24(33)32-11-9-31(10-12-32)19-7-8-20(22(13-19)34-4)21-14-23(30-29-21)28-18-6-5-17(15-26)27-16-18/h5-8,13-14,16H,9-12H2,1-4H3,(H2,28,29,30). The largest absolute Gasteiger partial charge is 0.496 e. The van der Waals surface area contributed by atoms with Gasteiger partial charge in [-0.1, -0.05) is 0 Å². The molecule has 1 amide bonds. The number of hydrogen-bond acceptors (Lipinski definition) is 8. The van der Waals surface area contributed by atoms with Crippen molar-refractivity contribution in [2.75, 3.05) is 43.5 Å². The molecule has 0 atom stereocenters. The Morgan fingerprint density at radius 1 is 1.14 bits per heavy atom. The second-order valence-corrected chi connectivity index (χ2v) is 9.17. The Morgan fingerprint density at radius 3 is 2.54 bits per heavy atom. The molecule has 1 aliphatic heterocycles. The first kappa shape index (κ1) is 23.9. The van der Waals surface area contributed by atoms with Crippen molar-refractivity contribution < 1.29 is 14.3 Å². The maximum Gasteiger partial charge on any atom is 0.410 e. The van der Waals surface area contributed by atoms with Crippen molar-refractivity contribution in [1.82, 2.24) is 20.1 Å². The molecule has 0 bridgehead atoms. The van der Waals surface area contributed by atoms with Gasteiger partial charge in [0.05, 0.1) is 24.7 Å². The molecule has 0 spiro atoms. The van der Waals surface area contributed by atoms with Crippen molar-refractivity contribution in [3.63, 3.8) is 0 Å². The van der Waals surface area contributed by atoms with E-state index in [-0.39, 0.29) is 6.09 Å². The van der Waals surface area contributed by atoms with Gasteiger partial charge in [-0.3, -0.25) is 5.10 Å². The number of nitrogens with zero attached hydrogens (tertiary/aromatic N) is 5. The molecule has 1 aliphatic rings. The molecule has 3 heterocycles. The highest BCUT2D eigenvalue weighted by Gasteiger charge is 2.26. The Balaban J connectivity index is 1.43. The van der Waals surface area contributed by atoms with Crippen molar-refractivity contribution in [3.8, 4) is 23.1 Å². The molecular formula is C25H29N7O3. The van der Waals surface area contributed by atoms with Crippen LogP contribution in [0.4, 0.5) is 22.0 Å². The molecule has 0 unspecified atom stereocenters. The summed E-state index contributed by atoms with van der Waals surface area (Å²) in [7, 11) is 1.64. The lowest BCUT2D eigenvalue weighted by molar-refractivity contribution is 0.0240. The Labute approximate surface area is 204 Å². The maximum absolute atomic E-state index is 12.3. The Bertz CT molecular complexity index is 1220. The number of hydrogen-bond donors (Lipinski definition) is 2. The number of carbonyl (C=O) groups excluding carboxylic acids is 1. The summed E-state index contributed by atoms with van der Waals surface area (Å²) < 4.78 is 11.2. The summed E-state index contributed by atoms with van der Waals surface area (Å²) in [5.41, 5.74) is 3.29. The van der Waals surface area contributed by atoms with Gasteiger partial charge in [0.1, 0.15) is 23.1 Å². The van der Waals surface area contributed by atoms with E-state index in [0.29, 0.717) is 43.4 Å². The predicted octanol–water partition coefficient (Wildman–Crippen LogP) is 4.15. The molecule has 182 valence electrons. The number of benzene rings is 1. The molecule has 2 N–H and O–H groups in total. The lowest BCUT2D eigenvalue weighted by Crippen LogP contribution is -2.50. The fraction of sp³-hybridized carbons (Fsp3) is 0.360. The van der Waals surface area contributed by atoms with Crippen LogP contribution in [0.1, 0.15) is 26.5 Å². The van der Waals surface area contributed by atoms with E-state index in [0.717, 1.165) is 22.6 Å². The summed E-state index contributed by atoms with van der Waals surface area (Å²) in [4.78, 5) is 20.4. The molecule has 4 rings (SSSR count). The third-order valence-corrected chi connectivity index (χ3v) is 5.50. The van der Waals surface area contributed by atoms with Gasteiger partial charge in [-0.2, -0.15) is 10.4 Å². The number of nitrogens with one attached hydrogen (secondary N) is 2. The highest BCUT2D eigenvalue weighted by atomic mass is 16.6. The number of rotatable bonds is 5. The van der Waals surface area contributed by atoms with Crippen molar-refractivity contribution in [3.05, 3.63) is 48.3 Å². The van der Waals surface area contributed by atoms with Crippen LogP contribution in [0.2, 0.25) is 0 Å². The van der Waals surface area contributed by atoms with Gasteiger partial charge in [0, 0.05) is 49.6 Å². The van der Waals surface area contributed by atoms with Crippen molar-refractivity contribution >= 4 is 23.3 Å². The monoisotopic (exact) mass is 475 g/mol. The zero-order valence-corrected chi connectivity index (χ0v) is 20.3. The minimum Gasteiger partial charge on any atom is -0.496 e. The van der Waals surface area contributed by atoms with Crippen LogP contribution in [0, 0.1) is 11.3 Å². The molecule has 0 saturated carbocycles. The molecule has 1 fully saturated rings. The van der Waals surface area contributed by atoms with E-state index >= 15 is 0 Å². The third-order valence-electron chi connectivity index (χ3n) is 5.50. The van der Waals surface area contributed by atoms with E-state index in [2.05, 4.69) is 25.4 Å². The van der Waals surface area contributed by atoms with Gasteiger partial charge in [-0.05, 0) is 45.0 Å². The number of amides is 1. The lowest BCUT2D eigenvalue weighted by Gasteiger charge is -2.37. The van der Waals surface area contributed by atoms with Gasteiger partial charge in [0.25, 0.3) is 0 Å². The van der Waals surface area contributed by atoms with Gasteiger partial charge >= 0.3 is 6.09 Å². The molecule has 0 aliphatic carbocycles. The quantitative estimate of drug-likeness (QED) is 0.565. The van der Waals surface area contributed by atoms with Crippen LogP contribution in [0.25, 0.3) is 11.3 Å². The molecule has 1 aromatic carbocycles. The van der Waals surface area contributed by atoms with E-state index < -0.39 is 5.60 Å². The van der Waals surface area contributed by atoms with Crippen LogP contribution < -0.4 is 15.0 Å². The summed E-state index contributed by atoms with van der Waals surface area (Å²) >= 11 is 0. The minimum atomic E-state index is -0.502. The fourth-order valence-corrected chi connectivity index (χ4v) is 3.78. The SMILES string of the molecule is COc1cc(N2CCN(C(=O)OC(C)(C)C)CC2)ccc1-c1cc(Nc2ccc(C#N)nc2)n[nH]1. The first-order valence-electron chi connectivity index (χ1n) is 11.4. The van der Waals surface area contributed by atoms with Crippen LogP contribution in [0.5, 0.6) is 5.75 Å². The average Bonchev–Trinajstić information content (AvgIpc) is 3.31. The highest BCUT2D eigenvalue weighted by molar-refractivity contribution is 5.74. The summed E-state index contributed by atoms with van der Waals surface area (Å²) in [6, 6.07) is 13.3. The summed E-state index contributed by atoms with van der Waals surface area (Å²) in [6.07, 6.45) is 1.32. The van der Waals surface area contributed by atoms with E-state index in [4.69, 9.17) is 14.7 Å². The number of methoxy groups -OCH3 is 1. The Kier molecular flexibility index (Phi) is 6.78. The first-order valence-corrected chi connectivity index (χ1v) is 11.4. The normalized spacial score (nSPS) is 13.8. The number of piperazine rings is 1. The lowest BCUT2D eigenvalue weighted by atomic mass is 10.1. The topological polar surface area (TPSA) is 119 Å². The first-order chi connectivity index (χ1) is 16.8. The van der Waals surface area contributed by atoms with Crippen molar-refractivity contribution in [2.24, 2.45) is 0 Å². The smallest absolute Gasteiger partial charge is 0.410 e. The van der Waals surface area contributed by atoms with Crippen molar-refractivity contribution in [2.45, 2.75) is 26.4 Å². The van der Waals surface area contributed by atoms with Crippen molar-refractivity contribution in [1.29, 1.82) is 5.26 Å². The van der Waals surface area contributed by atoms with Crippen LogP contribution in [0.15, 0.2) is 42.6 Å². The number of ether oxygens (including phenoxy) is 2. The molecule has 35 heavy (non-hydrogen) atoms. The van der Waals surface area contributed by atoms with Crippen LogP contribution in [-0.4, -0.2) is 65.1 Å². The Hall–Kier alpha value is -4.26. The second kappa shape index (κ2) is 9.93. The van der Waals surface area contributed by atoms with E-state index in [1.54, 1.807) is 30.3 Å². The zero-order chi connectivity index (χ0) is 25.0. The van der Waals surface area contributed by atoms with Gasteiger partial charge < -0.3 is 24.6 Å². The minimum absolute atomic E-state index is 0.273. The molecule has 3 aromatic rings. The Morgan fingerprint density at radius 2 is 1.91 bits per heavy atom. The number of pyridine rings is 1. The van der Waals surface area contributed by atoms with Gasteiger partial charge in [-0.15, -0.1) is 0 Å². The van der Waals surface area contributed by atoms with E-state index in [1.165, 1.54) is 0 Å². The van der Waals surface area contributed by atoms with Gasteiger partial charge in [0.15, 0.2) is 5.82 Å². The van der Waals surface area contributed by atoms with Gasteiger partial charge in [0.2, 0.25) is 0 Å². The fourth-order valence-electron chi connectivity index (χ4n) is 3.78. The van der Waals surface area contributed by atoms with Crippen LogP contribution in [-0.2, 0) is 4.74 Å². The second-order valence-electron chi connectivity index (χ2n) is 9.17. The number of H-pyrrole nitrogens is 1. The molecule has 1 saturated heterocycles. The number of nitriles is 1.